The average molecular weight is 644 g/mol. The zero-order valence-corrected chi connectivity index (χ0v) is 27.3. The van der Waals surface area contributed by atoms with E-state index in [0.717, 1.165) is 39.0 Å². The zero-order chi connectivity index (χ0) is 32.3. The van der Waals surface area contributed by atoms with Crippen LogP contribution in [0.25, 0.3) is 75.1 Å². The van der Waals surface area contributed by atoms with E-state index in [2.05, 4.69) is 175 Å². The van der Waals surface area contributed by atoms with Gasteiger partial charge >= 0.3 is 0 Å². The lowest BCUT2D eigenvalue weighted by Crippen LogP contribution is -2.11. The summed E-state index contributed by atoms with van der Waals surface area (Å²) in [6, 6.07) is 63.3. The van der Waals surface area contributed by atoms with Crippen LogP contribution in [-0.2, 0) is 0 Å². The lowest BCUT2D eigenvalue weighted by atomic mass is 9.96. The molecule has 2 aromatic heterocycles. The Morgan fingerprint density at radius 3 is 2.02 bits per heavy atom. The first-order valence-corrected chi connectivity index (χ1v) is 17.4. The van der Waals surface area contributed by atoms with Gasteiger partial charge in [-0.1, -0.05) is 121 Å². The number of rotatable bonds is 5. The van der Waals surface area contributed by atoms with E-state index in [9.17, 15) is 0 Å². The third-order valence-electron chi connectivity index (χ3n) is 9.66. The largest absolute Gasteiger partial charge is 0.456 e. The molecule has 0 amide bonds. The average Bonchev–Trinajstić information content (AvgIpc) is 3.74. The van der Waals surface area contributed by atoms with Gasteiger partial charge < -0.3 is 9.32 Å². The molecule has 0 bridgehead atoms. The van der Waals surface area contributed by atoms with E-state index in [0.29, 0.717) is 0 Å². The molecule has 0 spiro atoms. The van der Waals surface area contributed by atoms with Gasteiger partial charge in [0.2, 0.25) is 0 Å². The van der Waals surface area contributed by atoms with Crippen molar-refractivity contribution in [3.63, 3.8) is 0 Å². The van der Waals surface area contributed by atoms with Crippen molar-refractivity contribution in [2.24, 2.45) is 0 Å². The van der Waals surface area contributed by atoms with Crippen LogP contribution in [0.5, 0.6) is 0 Å². The summed E-state index contributed by atoms with van der Waals surface area (Å²) < 4.78 is 9.04. The number of thiophene rings is 1. The van der Waals surface area contributed by atoms with Gasteiger partial charge in [0.05, 0.1) is 16.8 Å². The maximum atomic E-state index is 6.43. The first-order valence-electron chi connectivity index (χ1n) is 16.6. The van der Waals surface area contributed by atoms with Crippen LogP contribution in [0.1, 0.15) is 0 Å². The third kappa shape index (κ3) is 4.55. The third-order valence-corrected chi connectivity index (χ3v) is 10.8. The molecule has 3 heteroatoms. The maximum Gasteiger partial charge on any atom is 0.137 e. The van der Waals surface area contributed by atoms with Gasteiger partial charge in [-0.2, -0.15) is 0 Å². The van der Waals surface area contributed by atoms with Crippen molar-refractivity contribution in [3.8, 4) is 22.3 Å². The molecule has 230 valence electrons. The summed E-state index contributed by atoms with van der Waals surface area (Å²) in [6.07, 6.45) is 0. The van der Waals surface area contributed by atoms with Gasteiger partial charge in [-0.05, 0) is 82.1 Å². The van der Waals surface area contributed by atoms with Crippen LogP contribution in [0.15, 0.2) is 180 Å². The van der Waals surface area contributed by atoms with Gasteiger partial charge in [-0.3, -0.25) is 0 Å². The van der Waals surface area contributed by atoms with Gasteiger partial charge in [-0.25, -0.2) is 0 Å². The summed E-state index contributed by atoms with van der Waals surface area (Å²) in [5.74, 6) is 0. The standard InChI is InChI=1S/C46H29NOS/c1-2-16-34-30(12-1)13-10-20-35(34)31-14-9-15-33(28-31)47(41-22-11-24-43-46(41)38-19-4-7-23-42(38)48-43)40-21-6-3-17-36(40)32-26-27-45-39(29-32)37-18-5-8-25-44(37)49-45/h1-29H. The molecule has 0 atom stereocenters. The van der Waals surface area contributed by atoms with Crippen molar-refractivity contribution in [2.75, 3.05) is 4.90 Å². The summed E-state index contributed by atoms with van der Waals surface area (Å²) in [5, 5.41) is 7.28. The first-order chi connectivity index (χ1) is 24.3. The van der Waals surface area contributed by atoms with Crippen molar-refractivity contribution in [2.45, 2.75) is 0 Å². The highest BCUT2D eigenvalue weighted by Crippen LogP contribution is 2.47. The Hall–Kier alpha value is -6.16. The fourth-order valence-corrected chi connectivity index (χ4v) is 8.53. The number of hydrogen-bond acceptors (Lipinski definition) is 3. The Balaban J connectivity index is 1.24. The van der Waals surface area contributed by atoms with Crippen LogP contribution >= 0.6 is 11.3 Å². The van der Waals surface area contributed by atoms with Crippen LogP contribution in [0.3, 0.4) is 0 Å². The van der Waals surface area contributed by atoms with Crippen molar-refractivity contribution < 1.29 is 4.42 Å². The molecule has 0 N–H and O–H groups in total. The van der Waals surface area contributed by atoms with Crippen molar-refractivity contribution in [1.82, 2.24) is 0 Å². The molecule has 2 nitrogen and oxygen atoms in total. The van der Waals surface area contributed by atoms with Crippen LogP contribution in [0.4, 0.5) is 17.1 Å². The number of benzene rings is 8. The minimum Gasteiger partial charge on any atom is -0.456 e. The normalized spacial score (nSPS) is 11.7. The topological polar surface area (TPSA) is 16.4 Å². The zero-order valence-electron chi connectivity index (χ0n) is 26.5. The minimum atomic E-state index is 0.873. The predicted octanol–water partition coefficient (Wildman–Crippen LogP) is 13.9. The van der Waals surface area contributed by atoms with E-state index in [4.69, 9.17) is 4.42 Å². The van der Waals surface area contributed by atoms with Crippen molar-refractivity contribution >= 4 is 81.3 Å². The molecular weight excluding hydrogens is 615 g/mol. The SMILES string of the molecule is c1cc(-c2cccc3ccccc23)cc(N(c2ccccc2-c2ccc3sc4ccccc4c3c2)c2cccc3oc4ccccc4c23)c1. The molecule has 0 aliphatic carbocycles. The van der Waals surface area contributed by atoms with Gasteiger partial charge in [0, 0.05) is 36.8 Å². The second-order valence-electron chi connectivity index (χ2n) is 12.5. The summed E-state index contributed by atoms with van der Waals surface area (Å²) in [4.78, 5) is 2.42. The quantitative estimate of drug-likeness (QED) is 0.186. The smallest absolute Gasteiger partial charge is 0.137 e. The molecule has 8 aromatic carbocycles. The molecule has 10 aromatic rings. The van der Waals surface area contributed by atoms with E-state index < -0.39 is 0 Å². The van der Waals surface area contributed by atoms with E-state index >= 15 is 0 Å². The molecule has 0 unspecified atom stereocenters. The van der Waals surface area contributed by atoms with E-state index in [-0.39, 0.29) is 0 Å². The Labute approximate surface area is 287 Å². The summed E-state index contributed by atoms with van der Waals surface area (Å²) in [6.45, 7) is 0. The van der Waals surface area contributed by atoms with Gasteiger partial charge in [-0.15, -0.1) is 11.3 Å². The van der Waals surface area contributed by atoms with Gasteiger partial charge in [0.15, 0.2) is 0 Å². The van der Waals surface area contributed by atoms with E-state index in [1.54, 1.807) is 0 Å². The number of hydrogen-bond donors (Lipinski definition) is 0. The second-order valence-corrected chi connectivity index (χ2v) is 13.6. The number of nitrogens with zero attached hydrogens (tertiary/aromatic N) is 1. The Morgan fingerprint density at radius 1 is 0.408 bits per heavy atom. The predicted molar refractivity (Wildman–Crippen MR) is 210 cm³/mol. The molecule has 0 saturated heterocycles. The summed E-state index contributed by atoms with van der Waals surface area (Å²) in [5.41, 5.74) is 9.77. The number of fused-ring (bicyclic) bond motifs is 7. The lowest BCUT2D eigenvalue weighted by molar-refractivity contribution is 0.669. The number of para-hydroxylation sites is 2. The molecule has 0 fully saturated rings. The van der Waals surface area contributed by atoms with Crippen LogP contribution in [0, 0.1) is 0 Å². The molecule has 2 heterocycles. The number of furan rings is 1. The summed E-state index contributed by atoms with van der Waals surface area (Å²) in [7, 11) is 0. The molecule has 49 heavy (non-hydrogen) atoms. The van der Waals surface area contributed by atoms with Crippen LogP contribution < -0.4 is 4.90 Å². The highest BCUT2D eigenvalue weighted by molar-refractivity contribution is 7.25. The second kappa shape index (κ2) is 11.2. The fraction of sp³-hybridized carbons (Fsp3) is 0. The fourth-order valence-electron chi connectivity index (χ4n) is 7.45. The minimum absolute atomic E-state index is 0.873. The molecule has 0 radical (unpaired) electrons. The van der Waals surface area contributed by atoms with Crippen LogP contribution in [-0.4, -0.2) is 0 Å². The monoisotopic (exact) mass is 643 g/mol. The maximum absolute atomic E-state index is 6.43. The highest BCUT2D eigenvalue weighted by atomic mass is 32.1. The van der Waals surface area contributed by atoms with Crippen molar-refractivity contribution in [3.05, 3.63) is 176 Å². The molecule has 10 rings (SSSR count). The van der Waals surface area contributed by atoms with Gasteiger partial charge in [0.25, 0.3) is 0 Å². The molecule has 0 saturated carbocycles. The lowest BCUT2D eigenvalue weighted by Gasteiger charge is -2.29. The Kier molecular flexibility index (Phi) is 6.39. The molecular formula is C46H29NOS. The van der Waals surface area contributed by atoms with Gasteiger partial charge in [0.1, 0.15) is 11.2 Å². The van der Waals surface area contributed by atoms with E-state index in [1.807, 2.05) is 17.4 Å². The number of anilines is 3. The molecule has 0 aliphatic heterocycles. The van der Waals surface area contributed by atoms with Crippen molar-refractivity contribution in [1.29, 1.82) is 0 Å². The summed E-state index contributed by atoms with van der Waals surface area (Å²) >= 11 is 1.85. The first kappa shape index (κ1) is 27.9. The Bertz CT molecular complexity index is 2850. The Morgan fingerprint density at radius 2 is 1.06 bits per heavy atom. The molecule has 0 aliphatic rings. The van der Waals surface area contributed by atoms with E-state index in [1.165, 1.54) is 53.2 Å². The highest BCUT2D eigenvalue weighted by Gasteiger charge is 2.22. The van der Waals surface area contributed by atoms with Crippen LogP contribution in [0.2, 0.25) is 0 Å².